The van der Waals surface area contributed by atoms with Crippen LogP contribution in [0.1, 0.15) is 39.2 Å². The molecule has 1 aliphatic carbocycles. The van der Waals surface area contributed by atoms with E-state index in [1.165, 1.54) is 28.6 Å². The zero-order valence-corrected chi connectivity index (χ0v) is 23.1. The number of nitrogens with zero attached hydrogens (tertiary/aromatic N) is 1. The van der Waals surface area contributed by atoms with Crippen LogP contribution >= 0.6 is 11.3 Å². The van der Waals surface area contributed by atoms with E-state index >= 15 is 0 Å². The highest BCUT2D eigenvalue weighted by Gasteiger charge is 2.33. The van der Waals surface area contributed by atoms with E-state index in [2.05, 4.69) is 12.1 Å². The summed E-state index contributed by atoms with van der Waals surface area (Å²) in [6.45, 7) is 0.874. The minimum absolute atomic E-state index is 0.0128. The van der Waals surface area contributed by atoms with Crippen molar-refractivity contribution in [2.45, 2.75) is 49.3 Å². The molecule has 1 aliphatic heterocycles. The lowest BCUT2D eigenvalue weighted by atomic mass is 10.1. The fourth-order valence-corrected chi connectivity index (χ4v) is 7.80. The molecule has 0 amide bonds. The van der Waals surface area contributed by atoms with Gasteiger partial charge in [0, 0.05) is 32.5 Å². The van der Waals surface area contributed by atoms with Gasteiger partial charge in [0.1, 0.15) is 15.9 Å². The SMILES string of the molecule is COC(=O)c1sccc1S(=O)(=O)N(Cc1ccc(OC2Cc3ccccc3C2)c(OC)c1)CC1CCCO1. The van der Waals surface area contributed by atoms with Gasteiger partial charge in [-0.15, -0.1) is 11.3 Å². The van der Waals surface area contributed by atoms with E-state index in [0.29, 0.717) is 18.1 Å². The lowest BCUT2D eigenvalue weighted by molar-refractivity contribution is 0.0602. The van der Waals surface area contributed by atoms with Crippen molar-refractivity contribution in [3.05, 3.63) is 75.5 Å². The van der Waals surface area contributed by atoms with Gasteiger partial charge >= 0.3 is 5.97 Å². The number of rotatable bonds is 10. The number of ether oxygens (including phenoxy) is 4. The molecule has 3 aromatic rings. The van der Waals surface area contributed by atoms with Crippen molar-refractivity contribution in [2.75, 3.05) is 27.4 Å². The number of fused-ring (bicyclic) bond motifs is 1. The Labute approximate surface area is 227 Å². The second kappa shape index (κ2) is 11.4. The fraction of sp³-hybridized carbons (Fsp3) is 0.393. The average molecular weight is 558 g/mol. The monoisotopic (exact) mass is 557 g/mol. The minimum atomic E-state index is -4.02. The van der Waals surface area contributed by atoms with Crippen molar-refractivity contribution in [3.63, 3.8) is 0 Å². The number of benzene rings is 2. The second-order valence-electron chi connectivity index (χ2n) is 9.44. The molecule has 2 aromatic carbocycles. The van der Waals surface area contributed by atoms with Crippen LogP contribution in [0.2, 0.25) is 0 Å². The molecule has 0 bridgehead atoms. The lowest BCUT2D eigenvalue weighted by Gasteiger charge is -2.25. The molecule has 8 nitrogen and oxygen atoms in total. The first-order valence-corrected chi connectivity index (χ1v) is 14.9. The van der Waals surface area contributed by atoms with Gasteiger partial charge in [-0.05, 0) is 53.1 Å². The highest BCUT2D eigenvalue weighted by molar-refractivity contribution is 7.89. The van der Waals surface area contributed by atoms with Crippen molar-refractivity contribution in [3.8, 4) is 11.5 Å². The number of hydrogen-bond acceptors (Lipinski definition) is 8. The van der Waals surface area contributed by atoms with Gasteiger partial charge in [0.15, 0.2) is 11.5 Å². The molecule has 2 heterocycles. The van der Waals surface area contributed by atoms with E-state index < -0.39 is 16.0 Å². The van der Waals surface area contributed by atoms with E-state index in [9.17, 15) is 13.2 Å². The van der Waals surface area contributed by atoms with Gasteiger partial charge < -0.3 is 18.9 Å². The average Bonchev–Trinajstić information content (AvgIpc) is 3.69. The van der Waals surface area contributed by atoms with Gasteiger partial charge in [0.25, 0.3) is 0 Å². The van der Waals surface area contributed by atoms with Gasteiger partial charge in [0.05, 0.1) is 20.3 Å². The Bertz CT molecular complexity index is 1370. The summed E-state index contributed by atoms with van der Waals surface area (Å²) in [6, 6.07) is 15.3. The number of hydrogen-bond donors (Lipinski definition) is 0. The lowest BCUT2D eigenvalue weighted by Crippen LogP contribution is -2.37. The molecule has 5 rings (SSSR count). The number of carbonyl (C=O) groups excluding carboxylic acids is 1. The van der Waals surface area contributed by atoms with Gasteiger partial charge in [-0.1, -0.05) is 30.3 Å². The number of carbonyl (C=O) groups is 1. The highest BCUT2D eigenvalue weighted by atomic mass is 32.2. The van der Waals surface area contributed by atoms with E-state index in [1.807, 2.05) is 30.3 Å². The second-order valence-corrected chi connectivity index (χ2v) is 12.3. The van der Waals surface area contributed by atoms with Crippen LogP contribution in [0, 0.1) is 0 Å². The van der Waals surface area contributed by atoms with Crippen LogP contribution in [0.25, 0.3) is 0 Å². The quantitative estimate of drug-likeness (QED) is 0.340. The summed E-state index contributed by atoms with van der Waals surface area (Å²) in [5.41, 5.74) is 3.32. The third kappa shape index (κ3) is 5.58. The summed E-state index contributed by atoms with van der Waals surface area (Å²) < 4.78 is 51.5. The summed E-state index contributed by atoms with van der Waals surface area (Å²) in [5, 5.41) is 1.58. The Kier molecular flexibility index (Phi) is 8.04. The fourth-order valence-electron chi connectivity index (χ4n) is 5.04. The Hall–Kier alpha value is -2.92. The van der Waals surface area contributed by atoms with Crippen LogP contribution in [-0.4, -0.2) is 58.3 Å². The molecule has 1 unspecified atom stereocenters. The van der Waals surface area contributed by atoms with E-state index in [0.717, 1.165) is 42.6 Å². The van der Waals surface area contributed by atoms with Crippen LogP contribution in [0.5, 0.6) is 11.5 Å². The van der Waals surface area contributed by atoms with E-state index in [-0.39, 0.29) is 35.1 Å². The number of esters is 1. The highest BCUT2D eigenvalue weighted by Crippen LogP contribution is 2.34. The molecule has 0 N–H and O–H groups in total. The molecular formula is C28H31NO7S2. The molecule has 0 spiro atoms. The van der Waals surface area contributed by atoms with Crippen molar-refractivity contribution >= 4 is 27.3 Å². The summed E-state index contributed by atoms with van der Waals surface area (Å²) in [7, 11) is -1.20. The number of methoxy groups -OCH3 is 2. The first-order valence-electron chi connectivity index (χ1n) is 12.6. The van der Waals surface area contributed by atoms with Gasteiger partial charge in [-0.2, -0.15) is 4.31 Å². The van der Waals surface area contributed by atoms with E-state index in [4.69, 9.17) is 18.9 Å². The van der Waals surface area contributed by atoms with Crippen LogP contribution in [-0.2, 0) is 38.9 Å². The van der Waals surface area contributed by atoms with Crippen molar-refractivity contribution in [1.29, 1.82) is 0 Å². The predicted molar refractivity (Wildman–Crippen MR) is 143 cm³/mol. The molecule has 2 aliphatic rings. The largest absolute Gasteiger partial charge is 0.493 e. The third-order valence-corrected chi connectivity index (χ3v) is 9.82. The van der Waals surface area contributed by atoms with Crippen molar-refractivity contribution in [2.24, 2.45) is 0 Å². The van der Waals surface area contributed by atoms with Crippen LogP contribution in [0.3, 0.4) is 0 Å². The summed E-state index contributed by atoms with van der Waals surface area (Å²) >= 11 is 1.05. The summed E-state index contributed by atoms with van der Waals surface area (Å²) in [4.78, 5) is 12.3. The maximum Gasteiger partial charge on any atom is 0.349 e. The predicted octanol–water partition coefficient (Wildman–Crippen LogP) is 4.46. The third-order valence-electron chi connectivity index (χ3n) is 6.94. The Balaban J connectivity index is 1.38. The molecule has 38 heavy (non-hydrogen) atoms. The molecular weight excluding hydrogens is 526 g/mol. The smallest absolute Gasteiger partial charge is 0.349 e. The van der Waals surface area contributed by atoms with Crippen molar-refractivity contribution in [1.82, 2.24) is 4.31 Å². The molecule has 202 valence electrons. The van der Waals surface area contributed by atoms with Gasteiger partial charge in [-0.25, -0.2) is 13.2 Å². The topological polar surface area (TPSA) is 91.4 Å². The first kappa shape index (κ1) is 26.7. The number of sulfonamides is 1. The zero-order chi connectivity index (χ0) is 26.7. The first-order chi connectivity index (χ1) is 18.4. The Morgan fingerprint density at radius 3 is 2.50 bits per heavy atom. The maximum atomic E-state index is 13.8. The maximum absolute atomic E-state index is 13.8. The molecule has 0 radical (unpaired) electrons. The van der Waals surface area contributed by atoms with Crippen LogP contribution in [0.4, 0.5) is 0 Å². The zero-order valence-electron chi connectivity index (χ0n) is 21.4. The van der Waals surface area contributed by atoms with Crippen molar-refractivity contribution < 1.29 is 32.2 Å². The summed E-state index contributed by atoms with van der Waals surface area (Å²) in [5.74, 6) is 0.486. The molecule has 1 atom stereocenters. The van der Waals surface area contributed by atoms with Crippen LogP contribution < -0.4 is 9.47 Å². The van der Waals surface area contributed by atoms with Gasteiger partial charge in [0.2, 0.25) is 10.0 Å². The molecule has 1 fully saturated rings. The van der Waals surface area contributed by atoms with E-state index in [1.54, 1.807) is 12.5 Å². The molecule has 1 saturated heterocycles. The summed E-state index contributed by atoms with van der Waals surface area (Å²) in [6.07, 6.45) is 3.13. The normalized spacial score (nSPS) is 17.5. The Morgan fingerprint density at radius 1 is 1.08 bits per heavy atom. The molecule has 10 heteroatoms. The van der Waals surface area contributed by atoms with Gasteiger partial charge in [-0.3, -0.25) is 0 Å². The Morgan fingerprint density at radius 2 is 1.84 bits per heavy atom. The minimum Gasteiger partial charge on any atom is -0.493 e. The molecule has 0 saturated carbocycles. The standard InChI is InChI=1S/C28H31NO7S2/c1-33-25-14-19(9-10-24(25)36-23-15-20-6-3-4-7-21(20)16-23)17-29(18-22-8-5-12-35-22)38(31,32)26-11-13-37-27(26)28(30)34-2/h3-4,6-7,9-11,13-14,22-23H,5,8,12,15-18H2,1-2H3. The number of thiophene rings is 1. The van der Waals surface area contributed by atoms with Crippen LogP contribution in [0.15, 0.2) is 58.8 Å². The molecule has 1 aromatic heterocycles.